The van der Waals surface area contributed by atoms with Gasteiger partial charge in [0.15, 0.2) is 0 Å². The second-order valence-electron chi connectivity index (χ2n) is 5.28. The number of carbonyl (C=O) groups is 2. The van der Waals surface area contributed by atoms with Gasteiger partial charge in [0.05, 0.1) is 0 Å². The van der Waals surface area contributed by atoms with E-state index in [1.165, 1.54) is 29.4 Å². The number of hydrogen-bond acceptors (Lipinski definition) is 5. The number of amides is 2. The number of piperazine rings is 1. The van der Waals surface area contributed by atoms with Crippen LogP contribution in [0.1, 0.15) is 0 Å². The fourth-order valence-electron chi connectivity index (χ4n) is 2.48. The molecule has 1 aliphatic rings. The number of rotatable bonds is 2. The third-order valence-electron chi connectivity index (χ3n) is 3.74. The van der Waals surface area contributed by atoms with Gasteiger partial charge in [0.25, 0.3) is 0 Å². The van der Waals surface area contributed by atoms with Crippen molar-refractivity contribution in [2.24, 2.45) is 0 Å². The number of nitrogens with one attached hydrogen (secondary N) is 1. The van der Waals surface area contributed by atoms with Crippen LogP contribution in [-0.4, -0.2) is 52.9 Å². The summed E-state index contributed by atoms with van der Waals surface area (Å²) >= 11 is 0. The molecule has 7 nitrogen and oxygen atoms in total. The molecule has 24 heavy (non-hydrogen) atoms. The van der Waals surface area contributed by atoms with E-state index in [1.807, 2.05) is 4.90 Å². The van der Waals surface area contributed by atoms with Crippen molar-refractivity contribution < 1.29 is 14.0 Å². The monoisotopic (exact) mass is 329 g/mol. The number of anilines is 2. The predicted molar refractivity (Wildman–Crippen MR) is 85.9 cm³/mol. The number of hydrogen-bond donors (Lipinski definition) is 1. The SMILES string of the molecule is O=C(Nc1ncccn1)C(=O)N1CCN(c2ccc(F)cc2)CC1. The Bertz CT molecular complexity index is 715. The van der Waals surface area contributed by atoms with Crippen molar-refractivity contribution >= 4 is 23.5 Å². The zero-order valence-corrected chi connectivity index (χ0v) is 12.9. The van der Waals surface area contributed by atoms with Crippen molar-refractivity contribution in [3.05, 3.63) is 48.5 Å². The zero-order valence-electron chi connectivity index (χ0n) is 12.9. The molecule has 1 aliphatic heterocycles. The molecule has 2 amide bonds. The molecule has 0 bridgehead atoms. The molecule has 124 valence electrons. The molecule has 0 radical (unpaired) electrons. The van der Waals surface area contributed by atoms with Gasteiger partial charge in [-0.2, -0.15) is 0 Å². The van der Waals surface area contributed by atoms with Crippen molar-refractivity contribution in [1.82, 2.24) is 14.9 Å². The first-order valence-corrected chi connectivity index (χ1v) is 7.51. The van der Waals surface area contributed by atoms with E-state index in [2.05, 4.69) is 15.3 Å². The van der Waals surface area contributed by atoms with E-state index in [-0.39, 0.29) is 11.8 Å². The highest BCUT2D eigenvalue weighted by molar-refractivity contribution is 6.39. The van der Waals surface area contributed by atoms with E-state index in [0.29, 0.717) is 26.2 Å². The number of halogens is 1. The Labute approximate surface area is 138 Å². The average molecular weight is 329 g/mol. The van der Waals surface area contributed by atoms with Gasteiger partial charge in [-0.05, 0) is 30.3 Å². The van der Waals surface area contributed by atoms with Gasteiger partial charge >= 0.3 is 11.8 Å². The smallest absolute Gasteiger partial charge is 0.316 e. The largest absolute Gasteiger partial charge is 0.368 e. The maximum atomic E-state index is 13.0. The molecule has 0 spiro atoms. The second kappa shape index (κ2) is 7.03. The zero-order chi connectivity index (χ0) is 16.9. The predicted octanol–water partition coefficient (Wildman–Crippen LogP) is 0.903. The molecule has 1 saturated heterocycles. The van der Waals surface area contributed by atoms with Crippen molar-refractivity contribution in [3.8, 4) is 0 Å². The van der Waals surface area contributed by atoms with Gasteiger partial charge in [0, 0.05) is 44.3 Å². The average Bonchev–Trinajstić information content (AvgIpc) is 2.63. The molecule has 8 heteroatoms. The third kappa shape index (κ3) is 3.65. The second-order valence-corrected chi connectivity index (χ2v) is 5.28. The first-order valence-electron chi connectivity index (χ1n) is 7.51. The highest BCUT2D eigenvalue weighted by atomic mass is 19.1. The number of aromatic nitrogens is 2. The van der Waals surface area contributed by atoms with Gasteiger partial charge in [-0.15, -0.1) is 0 Å². The molecule has 3 rings (SSSR count). The van der Waals surface area contributed by atoms with Crippen molar-refractivity contribution in [2.75, 3.05) is 36.4 Å². The molecule has 1 N–H and O–H groups in total. The highest BCUT2D eigenvalue weighted by Crippen LogP contribution is 2.17. The summed E-state index contributed by atoms with van der Waals surface area (Å²) in [6.07, 6.45) is 2.96. The maximum Gasteiger partial charge on any atom is 0.316 e. The fraction of sp³-hybridized carbons (Fsp3) is 0.250. The summed E-state index contributed by atoms with van der Waals surface area (Å²) in [5, 5.41) is 2.38. The molecule has 0 aliphatic carbocycles. The van der Waals surface area contributed by atoms with Crippen LogP contribution in [0.5, 0.6) is 0 Å². The molecule has 0 unspecified atom stereocenters. The van der Waals surface area contributed by atoms with E-state index in [0.717, 1.165) is 5.69 Å². The molecule has 1 aromatic heterocycles. The van der Waals surface area contributed by atoms with Crippen LogP contribution in [0.4, 0.5) is 16.0 Å². The molecule has 1 aromatic carbocycles. The Balaban J connectivity index is 1.55. The Morgan fingerprint density at radius 3 is 2.25 bits per heavy atom. The van der Waals surface area contributed by atoms with E-state index in [1.54, 1.807) is 18.2 Å². The topological polar surface area (TPSA) is 78.4 Å². The van der Waals surface area contributed by atoms with Crippen LogP contribution in [0.25, 0.3) is 0 Å². The van der Waals surface area contributed by atoms with Gasteiger partial charge in [-0.25, -0.2) is 14.4 Å². The lowest BCUT2D eigenvalue weighted by molar-refractivity contribution is -0.143. The molecule has 2 heterocycles. The lowest BCUT2D eigenvalue weighted by atomic mass is 10.2. The minimum atomic E-state index is -0.753. The van der Waals surface area contributed by atoms with Gasteiger partial charge in [-0.1, -0.05) is 0 Å². The van der Waals surface area contributed by atoms with Crippen molar-refractivity contribution in [2.45, 2.75) is 0 Å². The van der Waals surface area contributed by atoms with E-state index >= 15 is 0 Å². The summed E-state index contributed by atoms with van der Waals surface area (Å²) in [7, 11) is 0. The summed E-state index contributed by atoms with van der Waals surface area (Å²) in [4.78, 5) is 35.4. The Hall–Kier alpha value is -3.03. The summed E-state index contributed by atoms with van der Waals surface area (Å²) in [6, 6.07) is 7.82. The minimum absolute atomic E-state index is 0.0980. The Kier molecular flexibility index (Phi) is 4.64. The van der Waals surface area contributed by atoms with E-state index in [4.69, 9.17) is 0 Å². The molecule has 0 atom stereocenters. The van der Waals surface area contributed by atoms with E-state index in [9.17, 15) is 14.0 Å². The van der Waals surface area contributed by atoms with Crippen LogP contribution in [-0.2, 0) is 9.59 Å². The lowest BCUT2D eigenvalue weighted by Gasteiger charge is -2.35. The maximum absolute atomic E-state index is 13.0. The quantitative estimate of drug-likeness (QED) is 0.829. The summed E-state index contributed by atoms with van der Waals surface area (Å²) in [5.41, 5.74) is 0.894. The minimum Gasteiger partial charge on any atom is -0.368 e. The van der Waals surface area contributed by atoms with Gasteiger partial charge in [-0.3, -0.25) is 14.9 Å². The number of carbonyl (C=O) groups excluding carboxylic acids is 2. The first kappa shape index (κ1) is 15.9. The fourth-order valence-corrected chi connectivity index (χ4v) is 2.48. The lowest BCUT2D eigenvalue weighted by Crippen LogP contribution is -2.51. The van der Waals surface area contributed by atoms with Crippen LogP contribution in [0.3, 0.4) is 0 Å². The molecule has 2 aromatic rings. The standard InChI is InChI=1S/C16H16FN5O2/c17-12-2-4-13(5-3-12)21-8-10-22(11-9-21)15(24)14(23)20-16-18-6-1-7-19-16/h1-7H,8-11H2,(H,18,19,20,23). The Morgan fingerprint density at radius 2 is 1.62 bits per heavy atom. The van der Waals surface area contributed by atoms with E-state index < -0.39 is 11.8 Å². The van der Waals surface area contributed by atoms with Gasteiger partial charge in [0.1, 0.15) is 5.82 Å². The van der Waals surface area contributed by atoms with Gasteiger partial charge in [0.2, 0.25) is 5.95 Å². The van der Waals surface area contributed by atoms with Gasteiger partial charge < -0.3 is 9.80 Å². The summed E-state index contributed by atoms with van der Waals surface area (Å²) in [5.74, 6) is -1.55. The first-order chi connectivity index (χ1) is 11.6. The third-order valence-corrected chi connectivity index (χ3v) is 3.74. The summed E-state index contributed by atoms with van der Waals surface area (Å²) < 4.78 is 13.0. The summed E-state index contributed by atoms with van der Waals surface area (Å²) in [6.45, 7) is 1.98. The normalized spacial score (nSPS) is 14.4. The van der Waals surface area contributed by atoms with Crippen LogP contribution in [0.2, 0.25) is 0 Å². The number of nitrogens with zero attached hydrogens (tertiary/aromatic N) is 4. The van der Waals surface area contributed by atoms with Crippen LogP contribution in [0, 0.1) is 5.82 Å². The molecular weight excluding hydrogens is 313 g/mol. The number of benzene rings is 1. The Morgan fingerprint density at radius 1 is 1.00 bits per heavy atom. The van der Waals surface area contributed by atoms with Crippen LogP contribution < -0.4 is 10.2 Å². The molecule has 0 saturated carbocycles. The molecule has 1 fully saturated rings. The van der Waals surface area contributed by atoms with Crippen molar-refractivity contribution in [1.29, 1.82) is 0 Å². The highest BCUT2D eigenvalue weighted by Gasteiger charge is 2.26. The molecular formula is C16H16FN5O2. The van der Waals surface area contributed by atoms with Crippen LogP contribution in [0.15, 0.2) is 42.7 Å². The van der Waals surface area contributed by atoms with Crippen molar-refractivity contribution in [3.63, 3.8) is 0 Å². The van der Waals surface area contributed by atoms with Crippen LogP contribution >= 0.6 is 0 Å².